The van der Waals surface area contributed by atoms with Crippen LogP contribution in [0.4, 0.5) is 17.1 Å². The Labute approximate surface area is 392 Å². The summed E-state index contributed by atoms with van der Waals surface area (Å²) < 4.78 is 11.6. The van der Waals surface area contributed by atoms with Crippen LogP contribution in [0, 0.1) is 0 Å². The van der Waals surface area contributed by atoms with Crippen LogP contribution in [0.15, 0.2) is 253 Å². The minimum Gasteiger partial charge on any atom is -0.455 e. The van der Waals surface area contributed by atoms with Crippen molar-refractivity contribution < 1.29 is 4.42 Å². The van der Waals surface area contributed by atoms with E-state index >= 15 is 0 Å². The first-order chi connectivity index (χ1) is 33.7. The van der Waals surface area contributed by atoms with E-state index in [-0.39, 0.29) is 0 Å². The molecule has 0 atom stereocenters. The summed E-state index contributed by atoms with van der Waals surface area (Å²) in [5, 5.41) is 9.57. The van der Waals surface area contributed by atoms with E-state index in [0.29, 0.717) is 0 Å². The average molecular weight is 868 g/mol. The Morgan fingerprint density at radius 2 is 0.794 bits per heavy atom. The molecule has 3 heterocycles. The summed E-state index contributed by atoms with van der Waals surface area (Å²) in [4.78, 5) is 2.39. The van der Waals surface area contributed by atoms with Crippen molar-refractivity contribution in [3.05, 3.63) is 249 Å². The summed E-state index contributed by atoms with van der Waals surface area (Å²) in [6.45, 7) is 0. The Morgan fingerprint density at radius 1 is 0.324 bits per heavy atom. The normalized spacial score (nSPS) is 11.8. The topological polar surface area (TPSA) is 26.2 Å². The van der Waals surface area contributed by atoms with Gasteiger partial charge in [0.25, 0.3) is 0 Å². The van der Waals surface area contributed by atoms with E-state index in [4.69, 9.17) is 4.42 Å². The van der Waals surface area contributed by atoms with E-state index in [1.54, 1.807) is 0 Å². The summed E-state index contributed by atoms with van der Waals surface area (Å²) in [6, 6.07) is 89.9. The number of fused-ring (bicyclic) bond motifs is 10. The van der Waals surface area contributed by atoms with Crippen molar-refractivity contribution in [2.24, 2.45) is 0 Å². The van der Waals surface area contributed by atoms with Crippen LogP contribution in [-0.2, 0) is 0 Å². The zero-order chi connectivity index (χ0) is 44.7. The first-order valence-electron chi connectivity index (χ1n) is 23.3. The van der Waals surface area contributed by atoms with Crippen LogP contribution in [0.2, 0.25) is 0 Å². The molecule has 0 aliphatic carbocycles. The molecule has 0 aliphatic heterocycles. The molecule has 0 spiro atoms. The largest absolute Gasteiger partial charge is 0.455 e. The molecule has 0 unspecified atom stereocenters. The van der Waals surface area contributed by atoms with Gasteiger partial charge in [-0.2, -0.15) is 0 Å². The molecule has 3 aromatic heterocycles. The lowest BCUT2D eigenvalue weighted by atomic mass is 9.98. The molecule has 0 saturated carbocycles. The van der Waals surface area contributed by atoms with Crippen molar-refractivity contribution >= 4 is 93.4 Å². The van der Waals surface area contributed by atoms with Gasteiger partial charge in [0.15, 0.2) is 0 Å². The van der Waals surface area contributed by atoms with Crippen LogP contribution in [0.25, 0.3) is 110 Å². The molecular formula is C64H41N3O. The lowest BCUT2D eigenvalue weighted by Crippen LogP contribution is -2.11. The van der Waals surface area contributed by atoms with Gasteiger partial charge >= 0.3 is 0 Å². The molecular weight excluding hydrogens is 827 g/mol. The highest BCUT2D eigenvalue weighted by molar-refractivity contribution is 6.15. The van der Waals surface area contributed by atoms with Gasteiger partial charge in [0.05, 0.1) is 33.4 Å². The summed E-state index contributed by atoms with van der Waals surface area (Å²) in [6.07, 6.45) is 0. The Bertz CT molecular complexity index is 4160. The average Bonchev–Trinajstić information content (AvgIpc) is 4.06. The number of hydrogen-bond acceptors (Lipinski definition) is 2. The molecule has 318 valence electrons. The summed E-state index contributed by atoms with van der Waals surface area (Å²) in [5.41, 5.74) is 16.3. The lowest BCUT2D eigenvalue weighted by molar-refractivity contribution is 0.670. The molecule has 0 radical (unpaired) electrons. The second-order valence-corrected chi connectivity index (χ2v) is 17.7. The Morgan fingerprint density at radius 3 is 1.43 bits per heavy atom. The van der Waals surface area contributed by atoms with Crippen molar-refractivity contribution in [2.45, 2.75) is 0 Å². The molecule has 4 heteroatoms. The maximum Gasteiger partial charge on any atom is 0.143 e. The van der Waals surface area contributed by atoms with Crippen molar-refractivity contribution in [2.75, 3.05) is 4.90 Å². The lowest BCUT2D eigenvalue weighted by Gasteiger charge is -2.28. The summed E-state index contributed by atoms with van der Waals surface area (Å²) in [7, 11) is 0. The van der Waals surface area contributed by atoms with Crippen LogP contribution in [0.1, 0.15) is 0 Å². The predicted octanol–water partition coefficient (Wildman–Crippen LogP) is 17.7. The molecule has 11 aromatic carbocycles. The van der Waals surface area contributed by atoms with Gasteiger partial charge in [-0.1, -0.05) is 164 Å². The van der Waals surface area contributed by atoms with E-state index in [9.17, 15) is 0 Å². The minimum atomic E-state index is 0.879. The first kappa shape index (κ1) is 38.2. The third-order valence-electron chi connectivity index (χ3n) is 13.9. The quantitative estimate of drug-likeness (QED) is 0.160. The molecule has 4 nitrogen and oxygen atoms in total. The highest BCUT2D eigenvalue weighted by Crippen LogP contribution is 2.46. The number of aromatic nitrogens is 2. The third-order valence-corrected chi connectivity index (χ3v) is 13.9. The molecule has 0 N–H and O–H groups in total. The van der Waals surface area contributed by atoms with Crippen molar-refractivity contribution in [3.8, 4) is 33.6 Å². The van der Waals surface area contributed by atoms with Gasteiger partial charge in [-0.3, -0.25) is 0 Å². The molecule has 0 saturated heterocycles. The standard InChI is InChI=1S/C64H41N3O/c1-2-17-44-41-63-56(40-43(44)16-1)55-25-15-24-54(64(55)68-63)53-23-8-10-27-58(53)65(46-36-38-47(39-37-46)66-59-28-11-4-19-49(59)50-20-5-12-29-60(50)66)45-34-32-42(33-35-45)48-18-3-9-26-57(48)67-61-30-13-6-21-51(61)52-22-7-14-31-62(52)67/h1-41H. The Balaban J connectivity index is 0.941. The van der Waals surface area contributed by atoms with Gasteiger partial charge in [-0.25, -0.2) is 0 Å². The Kier molecular flexibility index (Phi) is 8.55. The number of para-hydroxylation sites is 7. The fraction of sp³-hybridized carbons (Fsp3) is 0. The van der Waals surface area contributed by atoms with Gasteiger partial charge in [0, 0.05) is 66.1 Å². The zero-order valence-electron chi connectivity index (χ0n) is 36.9. The van der Waals surface area contributed by atoms with E-state index in [2.05, 4.69) is 263 Å². The fourth-order valence-corrected chi connectivity index (χ4v) is 10.9. The smallest absolute Gasteiger partial charge is 0.143 e. The Hall–Kier alpha value is -9.12. The van der Waals surface area contributed by atoms with Crippen LogP contribution in [0.5, 0.6) is 0 Å². The second-order valence-electron chi connectivity index (χ2n) is 17.7. The predicted molar refractivity (Wildman–Crippen MR) is 285 cm³/mol. The van der Waals surface area contributed by atoms with E-state index in [1.165, 1.54) is 49.0 Å². The minimum absolute atomic E-state index is 0.879. The third kappa shape index (κ3) is 5.87. The zero-order valence-corrected chi connectivity index (χ0v) is 36.9. The highest BCUT2D eigenvalue weighted by atomic mass is 16.3. The number of anilines is 3. The molecule has 14 rings (SSSR count). The van der Waals surface area contributed by atoms with Crippen molar-refractivity contribution in [3.63, 3.8) is 0 Å². The molecule has 0 fully saturated rings. The van der Waals surface area contributed by atoms with E-state index < -0.39 is 0 Å². The number of furan rings is 1. The first-order valence-corrected chi connectivity index (χ1v) is 23.3. The molecule has 0 amide bonds. The van der Waals surface area contributed by atoms with Gasteiger partial charge in [-0.05, 0) is 101 Å². The summed E-state index contributed by atoms with van der Waals surface area (Å²) >= 11 is 0. The van der Waals surface area contributed by atoms with Gasteiger partial charge < -0.3 is 18.5 Å². The van der Waals surface area contributed by atoms with Crippen LogP contribution in [0.3, 0.4) is 0 Å². The van der Waals surface area contributed by atoms with Gasteiger partial charge in [0.1, 0.15) is 11.2 Å². The molecule has 0 aliphatic rings. The second kappa shape index (κ2) is 15.2. The maximum absolute atomic E-state index is 6.86. The highest BCUT2D eigenvalue weighted by Gasteiger charge is 2.22. The fourth-order valence-electron chi connectivity index (χ4n) is 10.9. The van der Waals surface area contributed by atoms with Gasteiger partial charge in [-0.15, -0.1) is 0 Å². The van der Waals surface area contributed by atoms with Crippen LogP contribution >= 0.6 is 0 Å². The van der Waals surface area contributed by atoms with Crippen molar-refractivity contribution in [1.29, 1.82) is 0 Å². The van der Waals surface area contributed by atoms with E-state index in [0.717, 1.165) is 78.0 Å². The molecule has 0 bridgehead atoms. The SMILES string of the molecule is c1ccc(N(c2ccc(-c3ccccc3-n3c4ccccc4c4ccccc43)cc2)c2ccc(-n3c4ccccc4c4ccccc43)cc2)c(-c2cccc3c2oc2cc4ccccc4cc23)c1. The van der Waals surface area contributed by atoms with Crippen LogP contribution < -0.4 is 4.90 Å². The molecule has 68 heavy (non-hydrogen) atoms. The van der Waals surface area contributed by atoms with Crippen molar-refractivity contribution in [1.82, 2.24) is 9.13 Å². The van der Waals surface area contributed by atoms with Gasteiger partial charge in [0.2, 0.25) is 0 Å². The summed E-state index contributed by atoms with van der Waals surface area (Å²) in [5.74, 6) is 0. The monoisotopic (exact) mass is 867 g/mol. The van der Waals surface area contributed by atoms with Crippen LogP contribution in [-0.4, -0.2) is 9.13 Å². The number of nitrogens with zero attached hydrogens (tertiary/aromatic N) is 3. The number of benzene rings is 11. The number of hydrogen-bond donors (Lipinski definition) is 0. The van der Waals surface area contributed by atoms with E-state index in [1.807, 2.05) is 0 Å². The maximum atomic E-state index is 6.86. The number of rotatable bonds is 7. The molecule has 14 aromatic rings.